The molecule has 3 amide bonds. The quantitative estimate of drug-likeness (QED) is 0.795. The van der Waals surface area contributed by atoms with Gasteiger partial charge in [0.2, 0.25) is 5.91 Å². The molecule has 0 spiro atoms. The lowest BCUT2D eigenvalue weighted by molar-refractivity contribution is -0.136. The van der Waals surface area contributed by atoms with Crippen LogP contribution in [0.3, 0.4) is 0 Å². The molecule has 128 valence electrons. The van der Waals surface area contributed by atoms with Gasteiger partial charge in [-0.15, -0.1) is 0 Å². The Balaban J connectivity index is 1.53. The summed E-state index contributed by atoms with van der Waals surface area (Å²) in [4.78, 5) is 29.0. The third kappa shape index (κ3) is 4.06. The van der Waals surface area contributed by atoms with Crippen LogP contribution in [-0.4, -0.2) is 54.0 Å². The van der Waals surface area contributed by atoms with Crippen molar-refractivity contribution in [1.29, 1.82) is 0 Å². The largest absolute Gasteiger partial charge is 0.338 e. The highest BCUT2D eigenvalue weighted by atomic mass is 16.2. The van der Waals surface area contributed by atoms with Crippen LogP contribution in [0.25, 0.3) is 0 Å². The van der Waals surface area contributed by atoms with E-state index in [1.807, 2.05) is 9.80 Å². The molecular formula is C18H29N3O2. The lowest BCUT2D eigenvalue weighted by Crippen LogP contribution is -2.51. The number of carbonyl (C=O) groups is 2. The standard InChI is InChI=1S/C18H29N3O2/c1-14-6-4-10-20(12-14)17(22)15-7-5-11-21(13-15)18(23)19-16-8-2-3-9-16/h6,15-16H,2-5,7-13H2,1H3,(H,19,23). The van der Waals surface area contributed by atoms with Crippen molar-refractivity contribution in [2.24, 2.45) is 5.92 Å². The van der Waals surface area contributed by atoms with Crippen molar-refractivity contribution in [3.8, 4) is 0 Å². The molecule has 1 aliphatic carbocycles. The summed E-state index contributed by atoms with van der Waals surface area (Å²) in [7, 11) is 0. The third-order valence-electron chi connectivity index (χ3n) is 5.38. The summed E-state index contributed by atoms with van der Waals surface area (Å²) >= 11 is 0. The Morgan fingerprint density at radius 2 is 1.87 bits per heavy atom. The van der Waals surface area contributed by atoms with E-state index in [4.69, 9.17) is 0 Å². The van der Waals surface area contributed by atoms with E-state index >= 15 is 0 Å². The second-order valence-electron chi connectivity index (χ2n) is 7.31. The van der Waals surface area contributed by atoms with Gasteiger partial charge in [-0.05, 0) is 39.0 Å². The van der Waals surface area contributed by atoms with E-state index in [2.05, 4.69) is 18.3 Å². The molecule has 2 fully saturated rings. The van der Waals surface area contributed by atoms with Crippen molar-refractivity contribution in [2.75, 3.05) is 26.2 Å². The highest BCUT2D eigenvalue weighted by molar-refractivity contribution is 5.81. The van der Waals surface area contributed by atoms with Crippen molar-refractivity contribution in [3.63, 3.8) is 0 Å². The topological polar surface area (TPSA) is 52.7 Å². The number of amides is 3. The summed E-state index contributed by atoms with van der Waals surface area (Å²) in [6.07, 6.45) is 9.63. The molecule has 1 unspecified atom stereocenters. The Labute approximate surface area is 139 Å². The number of urea groups is 1. The maximum Gasteiger partial charge on any atom is 0.317 e. The van der Waals surface area contributed by atoms with Gasteiger partial charge in [-0.2, -0.15) is 0 Å². The van der Waals surface area contributed by atoms with Crippen LogP contribution in [0.4, 0.5) is 4.79 Å². The minimum absolute atomic E-state index is 0.0241. The van der Waals surface area contributed by atoms with Gasteiger partial charge in [-0.3, -0.25) is 4.79 Å². The molecule has 0 aromatic carbocycles. The van der Waals surface area contributed by atoms with Gasteiger partial charge in [0.25, 0.3) is 0 Å². The highest BCUT2D eigenvalue weighted by Gasteiger charge is 2.32. The third-order valence-corrected chi connectivity index (χ3v) is 5.38. The van der Waals surface area contributed by atoms with Crippen LogP contribution in [0.5, 0.6) is 0 Å². The van der Waals surface area contributed by atoms with E-state index in [-0.39, 0.29) is 17.9 Å². The first-order chi connectivity index (χ1) is 11.1. The second kappa shape index (κ2) is 7.37. The van der Waals surface area contributed by atoms with E-state index in [0.29, 0.717) is 12.6 Å². The first-order valence-corrected chi connectivity index (χ1v) is 9.13. The van der Waals surface area contributed by atoms with E-state index in [1.54, 1.807) is 0 Å². The van der Waals surface area contributed by atoms with E-state index < -0.39 is 0 Å². The van der Waals surface area contributed by atoms with Crippen LogP contribution in [-0.2, 0) is 4.79 Å². The number of nitrogens with one attached hydrogen (secondary N) is 1. The van der Waals surface area contributed by atoms with Gasteiger partial charge in [0.05, 0.1) is 5.92 Å². The summed E-state index contributed by atoms with van der Waals surface area (Å²) in [6.45, 7) is 5.02. The normalized spacial score (nSPS) is 26.1. The van der Waals surface area contributed by atoms with E-state index in [0.717, 1.165) is 51.7 Å². The predicted octanol–water partition coefficient (Wildman–Crippen LogP) is 2.53. The summed E-state index contributed by atoms with van der Waals surface area (Å²) < 4.78 is 0. The van der Waals surface area contributed by atoms with Gasteiger partial charge in [0.15, 0.2) is 0 Å². The molecular weight excluding hydrogens is 290 g/mol. The number of hydrogen-bond donors (Lipinski definition) is 1. The average Bonchev–Trinajstić information content (AvgIpc) is 3.07. The Morgan fingerprint density at radius 3 is 2.61 bits per heavy atom. The van der Waals surface area contributed by atoms with E-state index in [9.17, 15) is 9.59 Å². The zero-order valence-corrected chi connectivity index (χ0v) is 14.2. The first-order valence-electron chi connectivity index (χ1n) is 9.13. The molecule has 23 heavy (non-hydrogen) atoms. The zero-order chi connectivity index (χ0) is 16.2. The molecule has 1 saturated heterocycles. The van der Waals surface area contributed by atoms with Crippen LogP contribution in [0.1, 0.15) is 51.9 Å². The molecule has 0 radical (unpaired) electrons. The molecule has 0 bridgehead atoms. The number of rotatable bonds is 2. The van der Waals surface area contributed by atoms with Crippen LogP contribution < -0.4 is 5.32 Å². The van der Waals surface area contributed by atoms with Gasteiger partial charge in [-0.25, -0.2) is 4.79 Å². The van der Waals surface area contributed by atoms with Crippen molar-refractivity contribution in [2.45, 2.75) is 57.9 Å². The maximum absolute atomic E-state index is 12.8. The molecule has 3 aliphatic rings. The van der Waals surface area contributed by atoms with Gasteiger partial charge in [-0.1, -0.05) is 24.5 Å². The molecule has 1 saturated carbocycles. The fourth-order valence-electron chi connectivity index (χ4n) is 4.06. The molecule has 1 atom stereocenters. The fourth-order valence-corrected chi connectivity index (χ4v) is 4.06. The molecule has 5 heteroatoms. The minimum atomic E-state index is -0.0241. The molecule has 1 N–H and O–H groups in total. The van der Waals surface area contributed by atoms with Gasteiger partial charge >= 0.3 is 6.03 Å². The zero-order valence-electron chi connectivity index (χ0n) is 14.2. The highest BCUT2D eigenvalue weighted by Crippen LogP contribution is 2.22. The lowest BCUT2D eigenvalue weighted by atomic mass is 9.95. The van der Waals surface area contributed by atoms with Crippen LogP contribution in [0.15, 0.2) is 11.6 Å². The second-order valence-corrected chi connectivity index (χ2v) is 7.31. The van der Waals surface area contributed by atoms with Crippen LogP contribution in [0, 0.1) is 5.92 Å². The van der Waals surface area contributed by atoms with Gasteiger partial charge < -0.3 is 15.1 Å². The minimum Gasteiger partial charge on any atom is -0.338 e. The fraction of sp³-hybridized carbons (Fsp3) is 0.778. The van der Waals surface area contributed by atoms with Gasteiger partial charge in [0.1, 0.15) is 0 Å². The smallest absolute Gasteiger partial charge is 0.317 e. The van der Waals surface area contributed by atoms with Crippen LogP contribution >= 0.6 is 0 Å². The number of hydrogen-bond acceptors (Lipinski definition) is 2. The summed E-state index contributed by atoms with van der Waals surface area (Å²) in [5.74, 6) is 0.208. The Kier molecular flexibility index (Phi) is 5.23. The van der Waals surface area contributed by atoms with E-state index in [1.165, 1.54) is 18.4 Å². The van der Waals surface area contributed by atoms with Crippen molar-refractivity contribution < 1.29 is 9.59 Å². The molecule has 2 heterocycles. The first kappa shape index (κ1) is 16.3. The number of piperidine rings is 1. The summed E-state index contributed by atoms with van der Waals surface area (Å²) in [5, 5.41) is 3.15. The van der Waals surface area contributed by atoms with Gasteiger partial charge in [0, 0.05) is 32.2 Å². The average molecular weight is 319 g/mol. The number of nitrogens with zero attached hydrogens (tertiary/aromatic N) is 2. The Bertz CT molecular complexity index is 483. The van der Waals surface area contributed by atoms with Crippen molar-refractivity contribution >= 4 is 11.9 Å². The Morgan fingerprint density at radius 1 is 1.09 bits per heavy atom. The molecule has 0 aromatic rings. The number of carbonyl (C=O) groups excluding carboxylic acids is 2. The van der Waals surface area contributed by atoms with Crippen molar-refractivity contribution in [1.82, 2.24) is 15.1 Å². The molecule has 5 nitrogen and oxygen atoms in total. The maximum atomic E-state index is 12.8. The molecule has 0 aromatic heterocycles. The predicted molar refractivity (Wildman–Crippen MR) is 90.0 cm³/mol. The molecule has 2 aliphatic heterocycles. The Hall–Kier alpha value is -1.52. The monoisotopic (exact) mass is 319 g/mol. The summed E-state index contributed by atoms with van der Waals surface area (Å²) in [6, 6.07) is 0.373. The summed E-state index contributed by atoms with van der Waals surface area (Å²) in [5.41, 5.74) is 1.27. The number of likely N-dealkylation sites (tertiary alicyclic amines) is 1. The molecule has 3 rings (SSSR count). The van der Waals surface area contributed by atoms with Crippen molar-refractivity contribution in [3.05, 3.63) is 11.6 Å². The lowest BCUT2D eigenvalue weighted by Gasteiger charge is -2.36. The van der Waals surface area contributed by atoms with Crippen LogP contribution in [0.2, 0.25) is 0 Å². The SMILES string of the molecule is CC1=CCCN(C(=O)C2CCCN(C(=O)NC3CCCC3)C2)C1.